The van der Waals surface area contributed by atoms with E-state index >= 15 is 0 Å². The van der Waals surface area contributed by atoms with Crippen LogP contribution in [0.5, 0.6) is 11.8 Å². The minimum Gasteiger partial charge on any atom is -0.481 e. The first-order chi connectivity index (χ1) is 20.3. The van der Waals surface area contributed by atoms with Crippen LogP contribution in [-0.2, 0) is 17.9 Å². The number of ether oxygens (including phenoxy) is 2. The van der Waals surface area contributed by atoms with Crippen molar-refractivity contribution in [1.82, 2.24) is 30.6 Å². The molecule has 0 saturated carbocycles. The number of nitrogens with two attached hydrogens (primary N) is 1. The van der Waals surface area contributed by atoms with Crippen molar-refractivity contribution < 1.29 is 19.1 Å². The fourth-order valence-electron chi connectivity index (χ4n) is 2.90. The van der Waals surface area contributed by atoms with Gasteiger partial charge in [0, 0.05) is 43.3 Å². The van der Waals surface area contributed by atoms with Crippen LogP contribution >= 0.6 is 69.1 Å². The van der Waals surface area contributed by atoms with Gasteiger partial charge in [-0.15, -0.1) is 22.7 Å². The number of halogens is 4. The summed E-state index contributed by atoms with van der Waals surface area (Å²) in [7, 11) is 2.93. The van der Waals surface area contributed by atoms with Gasteiger partial charge in [-0.25, -0.2) is 14.8 Å². The number of nitrogens with one attached hydrogen (secondary N) is 3. The minimum atomic E-state index is -0.457. The van der Waals surface area contributed by atoms with Gasteiger partial charge in [0.2, 0.25) is 29.6 Å². The van der Waals surface area contributed by atoms with Gasteiger partial charge in [-0.3, -0.25) is 10.1 Å². The molecule has 0 spiro atoms. The van der Waals surface area contributed by atoms with E-state index in [1.807, 2.05) is 24.6 Å². The summed E-state index contributed by atoms with van der Waals surface area (Å²) in [6.07, 6.45) is 0. The van der Waals surface area contributed by atoms with Gasteiger partial charge < -0.3 is 25.8 Å². The molecule has 0 aliphatic heterocycles. The molecule has 0 atom stereocenters. The fraction of sp³-hybridized carbons (Fsp3) is 0.280. The lowest BCUT2D eigenvalue weighted by Crippen LogP contribution is -2.29. The van der Waals surface area contributed by atoms with Crippen LogP contribution in [0.25, 0.3) is 0 Å². The maximum absolute atomic E-state index is 11.8. The molecular formula is C25H28Cl4N8O4S2. The molecule has 0 aromatic carbocycles. The van der Waals surface area contributed by atoms with Crippen molar-refractivity contribution in [3.63, 3.8) is 0 Å². The van der Waals surface area contributed by atoms with Gasteiger partial charge in [-0.05, 0) is 35.7 Å². The quantitative estimate of drug-likeness (QED) is 0.156. The highest BCUT2D eigenvalue weighted by Crippen LogP contribution is 2.27. The summed E-state index contributed by atoms with van der Waals surface area (Å²) >= 11 is 26.2. The van der Waals surface area contributed by atoms with Crippen LogP contribution < -0.4 is 31.2 Å². The summed E-state index contributed by atoms with van der Waals surface area (Å²) in [4.78, 5) is 37.6. The average molecular weight is 710 g/mol. The number of hydrogen-bond donors (Lipinski definition) is 4. The number of thiophene rings is 2. The number of nitrogens with zero attached hydrogens (tertiary/aromatic N) is 4. The predicted molar refractivity (Wildman–Crippen MR) is 173 cm³/mol. The Morgan fingerprint density at radius 3 is 1.74 bits per heavy atom. The van der Waals surface area contributed by atoms with E-state index < -0.39 is 6.03 Å². The lowest BCUT2D eigenvalue weighted by molar-refractivity contribution is -0.119. The molecule has 12 nitrogen and oxygen atoms in total. The largest absolute Gasteiger partial charge is 0.481 e. The molecule has 4 aromatic rings. The van der Waals surface area contributed by atoms with Crippen molar-refractivity contribution in [2.24, 2.45) is 0 Å². The first kappa shape index (κ1) is 36.1. The van der Waals surface area contributed by atoms with E-state index in [1.165, 1.54) is 55.9 Å². The molecule has 4 aromatic heterocycles. The van der Waals surface area contributed by atoms with Crippen LogP contribution in [0, 0.1) is 13.8 Å². The molecule has 18 heteroatoms. The number of amides is 3. The number of rotatable bonds is 7. The Bertz CT molecular complexity index is 1480. The van der Waals surface area contributed by atoms with E-state index in [9.17, 15) is 9.59 Å². The van der Waals surface area contributed by atoms with E-state index in [1.54, 1.807) is 0 Å². The molecule has 4 heterocycles. The number of hydrogen-bond acceptors (Lipinski definition) is 11. The van der Waals surface area contributed by atoms with Gasteiger partial charge >= 0.3 is 6.03 Å². The van der Waals surface area contributed by atoms with E-state index in [4.69, 9.17) is 61.6 Å². The summed E-state index contributed by atoms with van der Waals surface area (Å²) in [5, 5.41) is 12.3. The maximum Gasteiger partial charge on any atom is 0.321 e. The molecule has 4 rings (SSSR count). The van der Waals surface area contributed by atoms with Gasteiger partial charge in [-0.2, -0.15) is 9.97 Å². The van der Waals surface area contributed by atoms with Crippen LogP contribution in [0.2, 0.25) is 19.0 Å². The van der Waals surface area contributed by atoms with Crippen molar-refractivity contribution >= 4 is 92.9 Å². The van der Waals surface area contributed by atoms with E-state index in [0.29, 0.717) is 23.3 Å². The van der Waals surface area contributed by atoms with Crippen LogP contribution in [0.4, 0.5) is 16.7 Å². The summed E-state index contributed by atoms with van der Waals surface area (Å²) < 4.78 is 11.1. The molecule has 232 valence electrons. The Morgan fingerprint density at radius 1 is 0.814 bits per heavy atom. The number of methoxy groups -OCH3 is 2. The highest BCUT2D eigenvalue weighted by Gasteiger charge is 2.11. The third kappa shape index (κ3) is 12.6. The van der Waals surface area contributed by atoms with Crippen LogP contribution in [0.15, 0.2) is 22.9 Å². The first-order valence-electron chi connectivity index (χ1n) is 12.0. The lowest BCUT2D eigenvalue weighted by Gasteiger charge is -2.08. The van der Waals surface area contributed by atoms with Gasteiger partial charge in [0.05, 0.1) is 22.9 Å². The summed E-state index contributed by atoms with van der Waals surface area (Å²) in [6, 6.07) is 2.47. The monoisotopic (exact) mass is 708 g/mol. The number of aromatic nitrogens is 4. The molecule has 43 heavy (non-hydrogen) atoms. The third-order valence-electron chi connectivity index (χ3n) is 5.05. The van der Waals surface area contributed by atoms with Crippen molar-refractivity contribution in [1.29, 1.82) is 0 Å². The molecular weight excluding hydrogens is 682 g/mol. The van der Waals surface area contributed by atoms with Crippen LogP contribution in [-0.4, -0.2) is 46.1 Å². The Balaban J connectivity index is 0.000000248. The SMILES string of the molecule is CC(=O)NCc1c(C)csc1Cl.COc1cc(Cl)nc(N)n1.COc1cc(Cl)nc(NC(=O)NCc2c(C)csc2Cl)n1. The molecule has 3 amide bonds. The van der Waals surface area contributed by atoms with E-state index in [-0.39, 0.29) is 34.0 Å². The second-order valence-corrected chi connectivity index (χ2v) is 11.9. The molecule has 5 N–H and O–H groups in total. The Hall–Kier alpha value is -3.14. The van der Waals surface area contributed by atoms with Crippen LogP contribution in [0.1, 0.15) is 29.2 Å². The summed E-state index contributed by atoms with van der Waals surface area (Å²) in [5.74, 6) is 0.783. The minimum absolute atomic E-state index is 0.0309. The molecule has 0 saturated heterocycles. The van der Waals surface area contributed by atoms with Crippen molar-refractivity contribution in [3.8, 4) is 11.8 Å². The smallest absolute Gasteiger partial charge is 0.321 e. The van der Waals surface area contributed by atoms with E-state index in [2.05, 4.69) is 35.9 Å². The normalized spacial score (nSPS) is 9.98. The zero-order valence-electron chi connectivity index (χ0n) is 23.6. The number of aryl methyl sites for hydroxylation is 2. The van der Waals surface area contributed by atoms with E-state index in [0.717, 1.165) is 26.6 Å². The number of carbonyl (C=O) groups excluding carboxylic acids is 2. The summed E-state index contributed by atoms with van der Waals surface area (Å²) in [5.41, 5.74) is 9.33. The highest BCUT2D eigenvalue weighted by molar-refractivity contribution is 7.15. The van der Waals surface area contributed by atoms with Crippen molar-refractivity contribution in [2.45, 2.75) is 33.9 Å². The van der Waals surface area contributed by atoms with Gasteiger partial charge in [0.25, 0.3) is 0 Å². The molecule has 0 unspecified atom stereocenters. The average Bonchev–Trinajstić information content (AvgIpc) is 3.44. The Kier molecular flexibility index (Phi) is 15.0. The summed E-state index contributed by atoms with van der Waals surface area (Å²) in [6.45, 7) is 6.26. The zero-order valence-corrected chi connectivity index (χ0v) is 28.2. The van der Waals surface area contributed by atoms with Gasteiger partial charge in [-0.1, -0.05) is 46.4 Å². The second kappa shape index (κ2) is 17.9. The second-order valence-electron chi connectivity index (χ2n) is 8.21. The third-order valence-corrected chi connectivity index (χ3v) is 8.28. The highest BCUT2D eigenvalue weighted by atomic mass is 35.5. The predicted octanol–water partition coefficient (Wildman–Crippen LogP) is 6.55. The number of nitrogen functional groups attached to an aromatic ring is 1. The molecule has 0 fully saturated rings. The van der Waals surface area contributed by atoms with Crippen molar-refractivity contribution in [2.75, 3.05) is 25.3 Å². The Morgan fingerprint density at radius 2 is 1.30 bits per heavy atom. The molecule has 0 aliphatic rings. The number of anilines is 2. The lowest BCUT2D eigenvalue weighted by atomic mass is 10.2. The Labute approximate surface area is 276 Å². The van der Waals surface area contributed by atoms with Gasteiger partial charge in [0.15, 0.2) is 0 Å². The topological polar surface area (TPSA) is 166 Å². The number of carbonyl (C=O) groups is 2. The van der Waals surface area contributed by atoms with Crippen LogP contribution in [0.3, 0.4) is 0 Å². The standard InChI is InChI=1S/C12H12Cl2N4O2S.C8H10ClNOS.C5H6ClN3O/c1-6-5-21-10(14)7(6)4-15-12(19)18-11-16-8(13)3-9(17-11)20-2;1-5-4-12-8(9)7(5)3-10-6(2)11;1-10-4-2-3(6)8-5(7)9-4/h3,5H,4H2,1-2H3,(H2,15,16,17,18,19);4H,3H2,1-2H3,(H,10,11);2H,1H3,(H2,7,8,9). The molecule has 0 aliphatic carbocycles. The first-order valence-corrected chi connectivity index (χ1v) is 15.3. The maximum atomic E-state index is 11.8. The zero-order chi connectivity index (χ0) is 32.1. The number of urea groups is 1. The molecule has 0 bridgehead atoms. The van der Waals surface area contributed by atoms with Gasteiger partial charge in [0.1, 0.15) is 10.3 Å². The fourth-order valence-corrected chi connectivity index (χ4v) is 5.54. The van der Waals surface area contributed by atoms with Crippen molar-refractivity contribution in [3.05, 3.63) is 64.1 Å². The molecule has 0 radical (unpaired) electrons.